The van der Waals surface area contributed by atoms with Gasteiger partial charge in [0.05, 0.1) is 9.79 Å². The largest absolute Gasteiger partial charge is 1.00 e. The second kappa shape index (κ2) is 34.2. The first-order valence-electron chi connectivity index (χ1n) is 30.2. The molecule has 2 fully saturated rings. The fourth-order valence-corrected chi connectivity index (χ4v) is 13.2. The van der Waals surface area contributed by atoms with Gasteiger partial charge in [0.2, 0.25) is 35.7 Å². The summed E-state index contributed by atoms with van der Waals surface area (Å²) in [6.07, 6.45) is 16.2. The number of ether oxygens (including phenoxy) is 2. The molecule has 86 heavy (non-hydrogen) atoms. The maximum Gasteiger partial charge on any atom is 1.00 e. The molecule has 4 aromatic rings. The van der Waals surface area contributed by atoms with Gasteiger partial charge in [-0.15, -0.1) is 0 Å². The van der Waals surface area contributed by atoms with E-state index in [1.165, 1.54) is 49.3 Å². The standard InChI is InChI=1S/C60H98N14O8S2.2Na/c1-13-17-21-41(15-3)39-81-31-19-29-61-51-67-53(71-55(69-51)65-47-35-57(5,6)73-58(7,8)36-47)63-45-27-25-43(49(33-45)83(75,76)77)23-24-44-26-28-46(34-50(44)84(78,79)80)64-54-68-52(62-30-20-32-82-40-42(16-4)22-18-14-2)70-56(72-54)66-48-37-59(9,10)74-60(11,12)38-48;;/h23-28,33-34,41-42,47-48,73-74H,13-22,29-32,35-40H2,1-12H3,(H,75,76,77)(H,78,79,80)(H3,61,63,65,67,69,71)(H3,62,64,66,68,70,72);;/q;2*+1/p-2/b24-23+;;. The van der Waals surface area contributed by atoms with Crippen molar-refractivity contribution in [1.82, 2.24) is 40.5 Å². The van der Waals surface area contributed by atoms with E-state index in [4.69, 9.17) is 19.4 Å². The number of nitrogens with zero attached hydrogens (tertiary/aromatic N) is 6. The average Bonchev–Trinajstić information content (AvgIpc) is 1.30. The van der Waals surface area contributed by atoms with E-state index in [9.17, 15) is 25.9 Å². The number of hydrogen-bond acceptors (Lipinski definition) is 22. The van der Waals surface area contributed by atoms with Crippen molar-refractivity contribution in [3.05, 3.63) is 47.5 Å². The number of anilines is 8. The third-order valence-corrected chi connectivity index (χ3v) is 16.9. The molecule has 2 aliphatic heterocycles. The van der Waals surface area contributed by atoms with Crippen molar-refractivity contribution in [2.75, 3.05) is 71.4 Å². The van der Waals surface area contributed by atoms with Crippen molar-refractivity contribution in [2.45, 2.75) is 217 Å². The zero-order chi connectivity index (χ0) is 61.4. The van der Waals surface area contributed by atoms with E-state index in [2.05, 4.69) is 146 Å². The second-order valence-electron chi connectivity index (χ2n) is 25.4. The molecule has 6 rings (SSSR count). The van der Waals surface area contributed by atoms with Gasteiger partial charge in [-0.05, 0) is 154 Å². The van der Waals surface area contributed by atoms with Gasteiger partial charge >= 0.3 is 59.1 Å². The van der Waals surface area contributed by atoms with E-state index in [1.807, 2.05) is 0 Å². The molecule has 2 aromatic heterocycles. The van der Waals surface area contributed by atoms with Crippen LogP contribution in [-0.4, -0.2) is 130 Å². The molecular formula is C60H96N14Na2O8S2. The van der Waals surface area contributed by atoms with Crippen molar-refractivity contribution in [2.24, 2.45) is 11.8 Å². The minimum atomic E-state index is -5.13. The zero-order valence-corrected chi connectivity index (χ0v) is 59.5. The molecule has 2 saturated heterocycles. The molecule has 22 nitrogen and oxygen atoms in total. The van der Waals surface area contributed by atoms with Gasteiger partial charge in [0.15, 0.2) is 0 Å². The van der Waals surface area contributed by atoms with Crippen molar-refractivity contribution >= 4 is 79.5 Å². The predicted octanol–water partition coefficient (Wildman–Crippen LogP) is 5.04. The van der Waals surface area contributed by atoms with Gasteiger partial charge in [-0.1, -0.05) is 90.5 Å². The predicted molar refractivity (Wildman–Crippen MR) is 334 cm³/mol. The summed E-state index contributed by atoms with van der Waals surface area (Å²) in [5.74, 6) is 2.40. The molecular weight excluding hydrogens is 1150 g/mol. The molecule has 4 heterocycles. The van der Waals surface area contributed by atoms with Gasteiger partial charge in [-0.25, -0.2) is 16.8 Å². The summed E-state index contributed by atoms with van der Waals surface area (Å²) in [7, 11) is -10.3. The first kappa shape index (κ1) is 75.1. The van der Waals surface area contributed by atoms with Crippen LogP contribution in [0.4, 0.5) is 47.1 Å². The van der Waals surface area contributed by atoms with Crippen LogP contribution in [-0.2, 0) is 29.7 Å². The van der Waals surface area contributed by atoms with Crippen molar-refractivity contribution in [3.8, 4) is 0 Å². The number of benzene rings is 2. The molecule has 26 heteroatoms. The Labute approximate surface area is 557 Å². The van der Waals surface area contributed by atoms with Crippen molar-refractivity contribution in [3.63, 3.8) is 0 Å². The fourth-order valence-electron chi connectivity index (χ4n) is 11.8. The molecule has 468 valence electrons. The molecule has 0 spiro atoms. The average molecular weight is 1250 g/mol. The number of hydrogen-bond donors (Lipinski definition) is 8. The Bertz CT molecular complexity index is 2800. The number of rotatable bonds is 34. The minimum Gasteiger partial charge on any atom is -0.744 e. The summed E-state index contributed by atoms with van der Waals surface area (Å²) in [4.78, 5) is 26.8. The summed E-state index contributed by atoms with van der Waals surface area (Å²) in [5.41, 5.74) is -0.440. The van der Waals surface area contributed by atoms with Gasteiger partial charge in [0, 0.05) is 85.1 Å². The molecule has 2 unspecified atom stereocenters. The first-order valence-corrected chi connectivity index (χ1v) is 33.1. The van der Waals surface area contributed by atoms with Crippen LogP contribution in [0.5, 0.6) is 0 Å². The van der Waals surface area contributed by atoms with Gasteiger partial charge in [-0.3, -0.25) is 0 Å². The Hall–Kier alpha value is -3.34. The molecule has 8 N–H and O–H groups in total. The van der Waals surface area contributed by atoms with Crippen LogP contribution in [0.25, 0.3) is 12.2 Å². The molecule has 0 amide bonds. The van der Waals surface area contributed by atoms with E-state index in [1.54, 1.807) is 0 Å². The van der Waals surface area contributed by atoms with Gasteiger partial charge in [0.25, 0.3) is 0 Å². The Morgan fingerprint density at radius 2 is 0.872 bits per heavy atom. The van der Waals surface area contributed by atoms with Crippen molar-refractivity contribution in [1.29, 1.82) is 0 Å². The first-order chi connectivity index (χ1) is 39.5. The number of unbranched alkanes of at least 4 members (excludes halogenated alkanes) is 2. The van der Waals surface area contributed by atoms with E-state index >= 15 is 0 Å². The van der Waals surface area contributed by atoms with Crippen LogP contribution in [0.15, 0.2) is 46.2 Å². The minimum absolute atomic E-state index is 0. The van der Waals surface area contributed by atoms with E-state index in [0.717, 1.165) is 76.3 Å². The summed E-state index contributed by atoms with van der Waals surface area (Å²) < 4.78 is 89.7. The molecule has 2 aliphatic rings. The Balaban J connectivity index is 0.00000792. The van der Waals surface area contributed by atoms with Gasteiger partial charge in [0.1, 0.15) is 20.2 Å². The molecule has 0 radical (unpaired) electrons. The van der Waals surface area contributed by atoms with Gasteiger partial charge < -0.3 is 61.1 Å². The van der Waals surface area contributed by atoms with Crippen LogP contribution < -0.4 is 102 Å². The Morgan fingerprint density at radius 1 is 0.535 bits per heavy atom. The molecule has 0 aliphatic carbocycles. The molecule has 2 atom stereocenters. The normalized spacial score (nSPS) is 17.4. The summed E-state index contributed by atoms with van der Waals surface area (Å²) in [6.45, 7) is 29.6. The molecule has 0 saturated carbocycles. The third kappa shape index (κ3) is 25.5. The monoisotopic (exact) mass is 1250 g/mol. The van der Waals surface area contributed by atoms with Crippen molar-refractivity contribution < 1.29 is 94.5 Å². The number of piperidine rings is 2. The SMILES string of the molecule is CCCCC(CC)COCCCNc1nc(Nc2ccc(/C=C/c3ccc(Nc4nc(NCCCOCC(CC)CCCC)nc(NC5CC(C)(C)NC(C)(C)C5)n4)cc3S(=O)(=O)[O-])c(S(=O)(=O)[O-])c2)nc(NC2CC(C)(C)NC(C)(C)C2)n1.[Na+].[Na+]. The van der Waals surface area contributed by atoms with Crippen LogP contribution in [0.2, 0.25) is 0 Å². The number of aromatic nitrogens is 6. The maximum absolute atomic E-state index is 12.9. The molecule has 0 bridgehead atoms. The quantitative estimate of drug-likeness (QED) is 0.0131. The Morgan fingerprint density at radius 3 is 1.20 bits per heavy atom. The van der Waals surface area contributed by atoms with E-state index in [-0.39, 0.29) is 140 Å². The molecule has 2 aromatic carbocycles. The van der Waals surface area contributed by atoms with E-state index in [0.29, 0.717) is 76.1 Å². The number of nitrogens with one attached hydrogen (secondary N) is 8. The third-order valence-electron chi connectivity index (χ3n) is 15.1. The Kier molecular flexibility index (Phi) is 29.9. The van der Waals surface area contributed by atoms with E-state index < -0.39 is 30.0 Å². The summed E-state index contributed by atoms with van der Waals surface area (Å²) in [5, 5.41) is 27.1. The summed E-state index contributed by atoms with van der Waals surface area (Å²) >= 11 is 0. The zero-order valence-electron chi connectivity index (χ0n) is 53.8. The summed E-state index contributed by atoms with van der Waals surface area (Å²) in [6, 6.07) is 8.18. The topological polar surface area (TPSA) is 306 Å². The smallest absolute Gasteiger partial charge is 0.744 e. The second-order valence-corrected chi connectivity index (χ2v) is 28.1. The van der Waals surface area contributed by atoms with Crippen LogP contribution in [0, 0.1) is 11.8 Å². The maximum atomic E-state index is 12.9. The van der Waals surface area contributed by atoms with Crippen LogP contribution >= 0.6 is 0 Å². The van der Waals surface area contributed by atoms with Crippen LogP contribution in [0.1, 0.15) is 184 Å². The fraction of sp³-hybridized carbons (Fsp3) is 0.667. The van der Waals surface area contributed by atoms with Crippen LogP contribution in [0.3, 0.4) is 0 Å². The van der Waals surface area contributed by atoms with Gasteiger partial charge in [-0.2, -0.15) is 29.9 Å².